The number of rotatable bonds is 14. The van der Waals surface area contributed by atoms with E-state index in [9.17, 15) is 0 Å². The third kappa shape index (κ3) is 7.91. The van der Waals surface area contributed by atoms with Crippen LogP contribution in [0.15, 0.2) is 42.7 Å². The number of nitrogens with zero attached hydrogens (tertiary/aromatic N) is 2. The van der Waals surface area contributed by atoms with Crippen LogP contribution in [0.1, 0.15) is 102 Å². The first-order chi connectivity index (χ1) is 13.2. The van der Waals surface area contributed by atoms with Crippen LogP contribution in [0.25, 0.3) is 0 Å². The number of hydrogen-bond acceptors (Lipinski definition) is 0. The van der Waals surface area contributed by atoms with Crippen molar-refractivity contribution in [2.75, 3.05) is 0 Å². The summed E-state index contributed by atoms with van der Waals surface area (Å²) in [5.74, 6) is 1.44. The summed E-state index contributed by atoms with van der Waals surface area (Å²) in [7, 11) is 0. The molecule has 1 aromatic carbocycles. The molecule has 0 N–H and O–H groups in total. The van der Waals surface area contributed by atoms with Crippen molar-refractivity contribution in [3.8, 4) is 0 Å². The van der Waals surface area contributed by atoms with Gasteiger partial charge in [0.1, 0.15) is 12.4 Å². The van der Waals surface area contributed by atoms with Crippen molar-refractivity contribution in [1.29, 1.82) is 0 Å². The predicted octanol–water partition coefficient (Wildman–Crippen LogP) is 6.87. The monoisotopic (exact) mass is 369 g/mol. The summed E-state index contributed by atoms with van der Waals surface area (Å²) in [6, 6.07) is 11.4. The highest BCUT2D eigenvalue weighted by Crippen LogP contribution is 2.13. The van der Waals surface area contributed by atoms with Crippen molar-refractivity contribution in [3.05, 3.63) is 54.1 Å². The van der Waals surface area contributed by atoms with Crippen molar-refractivity contribution >= 4 is 0 Å². The second kappa shape index (κ2) is 12.8. The largest absolute Gasteiger partial charge is 0.261 e. The number of aryl methyl sites for hydroxylation is 1. The van der Waals surface area contributed by atoms with Gasteiger partial charge in [-0.25, -0.2) is 9.13 Å². The van der Waals surface area contributed by atoms with Crippen LogP contribution in [0.3, 0.4) is 0 Å². The van der Waals surface area contributed by atoms with Crippen LogP contribution in [0.5, 0.6) is 0 Å². The zero-order valence-corrected chi connectivity index (χ0v) is 18.0. The van der Waals surface area contributed by atoms with Crippen molar-refractivity contribution in [3.63, 3.8) is 0 Å². The summed E-state index contributed by atoms with van der Waals surface area (Å²) in [6.45, 7) is 8.00. The molecule has 0 saturated heterocycles. The topological polar surface area (TPSA) is 8.81 Å². The van der Waals surface area contributed by atoms with Gasteiger partial charge in [0, 0.05) is 0 Å². The minimum atomic E-state index is 0.512. The Labute approximate surface area is 167 Å². The van der Waals surface area contributed by atoms with Gasteiger partial charge in [-0.1, -0.05) is 88.6 Å². The van der Waals surface area contributed by atoms with Gasteiger partial charge in [-0.3, -0.25) is 0 Å². The molecule has 0 aliphatic heterocycles. The summed E-state index contributed by atoms with van der Waals surface area (Å²) in [5.41, 5.74) is 1.40. The summed E-state index contributed by atoms with van der Waals surface area (Å²) in [5, 5.41) is 0. The van der Waals surface area contributed by atoms with Crippen molar-refractivity contribution in [2.45, 2.75) is 104 Å². The maximum atomic E-state index is 2.48. The molecule has 0 saturated carbocycles. The lowest BCUT2D eigenvalue weighted by atomic mass is 10.1. The van der Waals surface area contributed by atoms with E-state index in [0.717, 1.165) is 13.0 Å². The Morgan fingerprint density at radius 2 is 1.41 bits per heavy atom. The van der Waals surface area contributed by atoms with Gasteiger partial charge < -0.3 is 0 Å². The van der Waals surface area contributed by atoms with E-state index >= 15 is 0 Å². The second-order valence-corrected chi connectivity index (χ2v) is 8.25. The maximum absolute atomic E-state index is 2.48. The molecule has 2 aromatic rings. The highest BCUT2D eigenvalue weighted by Gasteiger charge is 2.19. The Hall–Kier alpha value is -1.57. The first-order valence-electron chi connectivity index (χ1n) is 11.4. The van der Waals surface area contributed by atoms with E-state index in [4.69, 9.17) is 0 Å². The Kier molecular flexibility index (Phi) is 10.3. The first-order valence-corrected chi connectivity index (χ1v) is 11.4. The third-order valence-corrected chi connectivity index (χ3v) is 5.55. The van der Waals surface area contributed by atoms with Crippen LogP contribution in [-0.4, -0.2) is 4.57 Å². The Morgan fingerprint density at radius 3 is 2.00 bits per heavy atom. The van der Waals surface area contributed by atoms with Crippen molar-refractivity contribution in [2.24, 2.45) is 0 Å². The van der Waals surface area contributed by atoms with Gasteiger partial charge in [0.15, 0.2) is 0 Å². The minimum absolute atomic E-state index is 0.512. The van der Waals surface area contributed by atoms with Crippen molar-refractivity contribution < 1.29 is 4.57 Å². The SMILES string of the molecule is CCCCCCCCCCCC[n+]1ccn(C(C)C)c1Cc1ccccc1. The molecule has 0 atom stereocenters. The smallest absolute Gasteiger partial charge is 0.234 e. The lowest BCUT2D eigenvalue weighted by Crippen LogP contribution is -2.37. The summed E-state index contributed by atoms with van der Waals surface area (Å²) in [6.07, 6.45) is 19.5. The average molecular weight is 370 g/mol. The van der Waals surface area contributed by atoms with E-state index in [1.807, 2.05) is 0 Å². The highest BCUT2D eigenvalue weighted by atomic mass is 15.2. The van der Waals surface area contributed by atoms with Crippen LogP contribution < -0.4 is 4.57 Å². The average Bonchev–Trinajstić information content (AvgIpc) is 3.07. The fourth-order valence-electron chi connectivity index (χ4n) is 3.89. The van der Waals surface area contributed by atoms with E-state index in [0.29, 0.717) is 6.04 Å². The molecule has 150 valence electrons. The number of aromatic nitrogens is 2. The minimum Gasteiger partial charge on any atom is -0.234 e. The lowest BCUT2D eigenvalue weighted by Gasteiger charge is -2.08. The van der Waals surface area contributed by atoms with E-state index in [2.05, 4.69) is 72.6 Å². The fourth-order valence-corrected chi connectivity index (χ4v) is 3.89. The fraction of sp³-hybridized carbons (Fsp3) is 0.640. The van der Waals surface area contributed by atoms with Gasteiger partial charge in [0.05, 0.1) is 19.0 Å². The molecule has 2 nitrogen and oxygen atoms in total. The van der Waals surface area contributed by atoms with Crippen LogP contribution in [0.4, 0.5) is 0 Å². The number of benzene rings is 1. The first kappa shape index (κ1) is 21.7. The summed E-state index contributed by atoms with van der Waals surface area (Å²) >= 11 is 0. The molecule has 1 heterocycles. The van der Waals surface area contributed by atoms with Gasteiger partial charge >= 0.3 is 0 Å². The van der Waals surface area contributed by atoms with Gasteiger partial charge in [-0.2, -0.15) is 0 Å². The van der Waals surface area contributed by atoms with Gasteiger partial charge in [-0.05, 0) is 32.3 Å². The second-order valence-electron chi connectivity index (χ2n) is 8.25. The number of imidazole rings is 1. The van der Waals surface area contributed by atoms with Crippen LogP contribution in [0, 0.1) is 0 Å². The van der Waals surface area contributed by atoms with E-state index in [1.165, 1.54) is 75.6 Å². The molecule has 0 aliphatic carbocycles. The Morgan fingerprint density at radius 1 is 0.815 bits per heavy atom. The van der Waals surface area contributed by atoms with Crippen LogP contribution >= 0.6 is 0 Å². The molecular weight excluding hydrogens is 328 g/mol. The Balaban J connectivity index is 1.74. The molecule has 0 unspecified atom stereocenters. The molecule has 0 aliphatic rings. The zero-order valence-electron chi connectivity index (χ0n) is 18.0. The third-order valence-electron chi connectivity index (χ3n) is 5.55. The predicted molar refractivity (Wildman–Crippen MR) is 116 cm³/mol. The normalized spacial score (nSPS) is 11.4. The molecule has 0 spiro atoms. The van der Waals surface area contributed by atoms with E-state index < -0.39 is 0 Å². The van der Waals surface area contributed by atoms with Gasteiger partial charge in [0.25, 0.3) is 5.82 Å². The van der Waals surface area contributed by atoms with Crippen LogP contribution in [-0.2, 0) is 13.0 Å². The molecule has 2 heteroatoms. The molecule has 2 rings (SSSR count). The summed E-state index contributed by atoms with van der Waals surface area (Å²) in [4.78, 5) is 0. The molecular formula is C25H41N2+. The van der Waals surface area contributed by atoms with Crippen LogP contribution in [0.2, 0.25) is 0 Å². The van der Waals surface area contributed by atoms with Crippen molar-refractivity contribution in [1.82, 2.24) is 4.57 Å². The number of unbranched alkanes of at least 4 members (excludes halogenated alkanes) is 9. The number of hydrogen-bond donors (Lipinski definition) is 0. The van der Waals surface area contributed by atoms with Gasteiger partial charge in [-0.15, -0.1) is 0 Å². The summed E-state index contributed by atoms with van der Waals surface area (Å²) < 4.78 is 4.92. The Bertz CT molecular complexity index is 613. The molecule has 0 bridgehead atoms. The zero-order chi connectivity index (χ0) is 19.3. The maximum Gasteiger partial charge on any atom is 0.261 e. The van der Waals surface area contributed by atoms with Gasteiger partial charge in [0.2, 0.25) is 0 Å². The standard InChI is InChI=1S/C25H41N2/c1-4-5-6-7-8-9-10-11-12-16-19-26-20-21-27(23(2)3)25(26)22-24-17-14-13-15-18-24/h13-15,17-18,20-21,23H,4-12,16,19,22H2,1-3H3/q+1. The molecule has 27 heavy (non-hydrogen) atoms. The molecule has 1 aromatic heterocycles. The highest BCUT2D eigenvalue weighted by molar-refractivity contribution is 5.18. The molecule has 0 amide bonds. The lowest BCUT2D eigenvalue weighted by molar-refractivity contribution is -0.704. The van der Waals surface area contributed by atoms with E-state index in [1.54, 1.807) is 0 Å². The molecule has 0 fully saturated rings. The van der Waals surface area contributed by atoms with E-state index in [-0.39, 0.29) is 0 Å². The quantitative estimate of drug-likeness (QED) is 0.254. The molecule has 0 radical (unpaired) electrons.